The molecule has 0 aliphatic carbocycles. The highest BCUT2D eigenvalue weighted by Gasteiger charge is 2.26. The number of carbonyl (C=O) groups excluding carboxylic acids is 1. The van der Waals surface area contributed by atoms with E-state index < -0.39 is 18.6 Å². The summed E-state index contributed by atoms with van der Waals surface area (Å²) in [4.78, 5) is 11.0. The molecule has 0 aromatic heterocycles. The van der Waals surface area contributed by atoms with Crippen LogP contribution < -0.4 is 10.6 Å². The molecular weight excluding hydrogens is 209 g/mol. The Bertz CT molecular complexity index is 183. The number of rotatable bonds is 7. The van der Waals surface area contributed by atoms with E-state index in [1.807, 2.05) is 12.2 Å². The lowest BCUT2D eigenvalue weighted by Gasteiger charge is -2.08. The fourth-order valence-electron chi connectivity index (χ4n) is 0.983. The first kappa shape index (κ1) is 14.2. The van der Waals surface area contributed by atoms with Gasteiger partial charge in [-0.1, -0.05) is 19.8 Å². The molecule has 0 rings (SSSR count). The highest BCUT2D eigenvalue weighted by Crippen LogP contribution is 2.11. The van der Waals surface area contributed by atoms with Gasteiger partial charge in [-0.2, -0.15) is 13.2 Å². The normalized spacial score (nSPS) is 11.5. The molecule has 0 aliphatic rings. The van der Waals surface area contributed by atoms with Crippen molar-refractivity contribution in [3.63, 3.8) is 0 Å². The van der Waals surface area contributed by atoms with Gasteiger partial charge in [0.2, 0.25) is 5.91 Å². The number of halogens is 3. The van der Waals surface area contributed by atoms with Gasteiger partial charge in [0.05, 0.1) is 13.1 Å². The van der Waals surface area contributed by atoms with E-state index >= 15 is 0 Å². The van der Waals surface area contributed by atoms with Crippen LogP contribution in [0.4, 0.5) is 13.2 Å². The molecule has 0 aromatic carbocycles. The van der Waals surface area contributed by atoms with Gasteiger partial charge in [-0.05, 0) is 6.42 Å². The molecule has 1 amide bonds. The SMILES string of the molecule is CCCCCNC(=O)CNCC(F)(F)F. The van der Waals surface area contributed by atoms with E-state index in [0.29, 0.717) is 6.54 Å². The number of alkyl halides is 3. The molecule has 0 fully saturated rings. The van der Waals surface area contributed by atoms with Crippen LogP contribution in [0.1, 0.15) is 26.2 Å². The molecule has 0 saturated heterocycles. The van der Waals surface area contributed by atoms with E-state index in [1.165, 1.54) is 0 Å². The standard InChI is InChI=1S/C9H17F3N2O/c1-2-3-4-5-14-8(15)6-13-7-9(10,11)12/h13H,2-7H2,1H3,(H,14,15). The molecule has 0 aliphatic heterocycles. The molecule has 90 valence electrons. The van der Waals surface area contributed by atoms with Gasteiger partial charge in [0.15, 0.2) is 0 Å². The second-order valence-corrected chi connectivity index (χ2v) is 3.28. The summed E-state index contributed by atoms with van der Waals surface area (Å²) in [5.41, 5.74) is 0. The second-order valence-electron chi connectivity index (χ2n) is 3.28. The van der Waals surface area contributed by atoms with Gasteiger partial charge < -0.3 is 10.6 Å². The van der Waals surface area contributed by atoms with E-state index in [4.69, 9.17) is 0 Å². The van der Waals surface area contributed by atoms with Crippen LogP contribution in [0.15, 0.2) is 0 Å². The van der Waals surface area contributed by atoms with E-state index in [2.05, 4.69) is 5.32 Å². The minimum atomic E-state index is -4.26. The van der Waals surface area contributed by atoms with Crippen molar-refractivity contribution in [3.8, 4) is 0 Å². The van der Waals surface area contributed by atoms with E-state index in [-0.39, 0.29) is 6.54 Å². The van der Waals surface area contributed by atoms with Crippen molar-refractivity contribution in [1.82, 2.24) is 10.6 Å². The zero-order valence-corrected chi connectivity index (χ0v) is 8.78. The summed E-state index contributed by atoms with van der Waals surface area (Å²) in [5.74, 6) is -0.393. The van der Waals surface area contributed by atoms with E-state index in [0.717, 1.165) is 19.3 Å². The lowest BCUT2D eigenvalue weighted by molar-refractivity contribution is -0.128. The molecule has 0 bridgehead atoms. The third-order valence-corrected chi connectivity index (χ3v) is 1.71. The quantitative estimate of drug-likeness (QED) is 0.645. The van der Waals surface area contributed by atoms with Crippen molar-refractivity contribution in [3.05, 3.63) is 0 Å². The van der Waals surface area contributed by atoms with Crippen LogP contribution in [0.3, 0.4) is 0 Å². The Balaban J connectivity index is 3.34. The number of carbonyl (C=O) groups is 1. The van der Waals surface area contributed by atoms with Crippen LogP contribution in [0, 0.1) is 0 Å². The fourth-order valence-corrected chi connectivity index (χ4v) is 0.983. The number of hydrogen-bond acceptors (Lipinski definition) is 2. The fraction of sp³-hybridized carbons (Fsp3) is 0.889. The first-order valence-corrected chi connectivity index (χ1v) is 5.00. The highest BCUT2D eigenvalue weighted by molar-refractivity contribution is 5.77. The summed E-state index contributed by atoms with van der Waals surface area (Å²) in [5, 5.41) is 4.56. The smallest absolute Gasteiger partial charge is 0.355 e. The van der Waals surface area contributed by atoms with Crippen LogP contribution in [0.5, 0.6) is 0 Å². The first-order chi connectivity index (χ1) is 6.95. The number of nitrogens with one attached hydrogen (secondary N) is 2. The summed E-state index contributed by atoms with van der Waals surface area (Å²) in [7, 11) is 0. The van der Waals surface area contributed by atoms with Crippen LogP contribution >= 0.6 is 0 Å². The molecule has 0 unspecified atom stereocenters. The largest absolute Gasteiger partial charge is 0.401 e. The predicted octanol–water partition coefficient (Wildman–Crippen LogP) is 1.44. The van der Waals surface area contributed by atoms with Crippen LogP contribution in [-0.4, -0.2) is 31.7 Å². The maximum atomic E-state index is 11.7. The van der Waals surface area contributed by atoms with Crippen molar-refractivity contribution in [2.75, 3.05) is 19.6 Å². The van der Waals surface area contributed by atoms with Crippen LogP contribution in [0.25, 0.3) is 0 Å². The molecular formula is C9H17F3N2O. The Morgan fingerprint density at radius 1 is 1.27 bits per heavy atom. The molecule has 0 saturated carbocycles. The van der Waals surface area contributed by atoms with Gasteiger partial charge in [-0.3, -0.25) is 4.79 Å². The Morgan fingerprint density at radius 3 is 2.47 bits per heavy atom. The first-order valence-electron chi connectivity index (χ1n) is 5.00. The Labute approximate surface area is 87.4 Å². The van der Waals surface area contributed by atoms with Crippen molar-refractivity contribution < 1.29 is 18.0 Å². The van der Waals surface area contributed by atoms with Crippen molar-refractivity contribution in [1.29, 1.82) is 0 Å². The maximum Gasteiger partial charge on any atom is 0.401 e. The number of unbranched alkanes of at least 4 members (excludes halogenated alkanes) is 2. The Hall–Kier alpha value is -0.780. The molecule has 0 aromatic rings. The molecule has 0 radical (unpaired) electrons. The van der Waals surface area contributed by atoms with Gasteiger partial charge in [0, 0.05) is 6.54 Å². The number of hydrogen-bond donors (Lipinski definition) is 2. The molecule has 2 N–H and O–H groups in total. The van der Waals surface area contributed by atoms with Gasteiger partial charge in [-0.15, -0.1) is 0 Å². The van der Waals surface area contributed by atoms with Crippen LogP contribution in [-0.2, 0) is 4.79 Å². The van der Waals surface area contributed by atoms with Gasteiger partial charge in [-0.25, -0.2) is 0 Å². The summed E-state index contributed by atoms with van der Waals surface area (Å²) in [6, 6.07) is 0. The third kappa shape index (κ3) is 11.1. The summed E-state index contributed by atoms with van der Waals surface area (Å²) >= 11 is 0. The predicted molar refractivity (Wildman–Crippen MR) is 51.5 cm³/mol. The molecule has 0 spiro atoms. The van der Waals surface area contributed by atoms with Gasteiger partial charge in [0.25, 0.3) is 0 Å². The van der Waals surface area contributed by atoms with Gasteiger partial charge >= 0.3 is 6.18 Å². The lowest BCUT2D eigenvalue weighted by Crippen LogP contribution is -2.38. The average molecular weight is 226 g/mol. The molecule has 6 heteroatoms. The minimum Gasteiger partial charge on any atom is -0.355 e. The Morgan fingerprint density at radius 2 is 1.93 bits per heavy atom. The topological polar surface area (TPSA) is 41.1 Å². The van der Waals surface area contributed by atoms with Crippen molar-refractivity contribution in [2.45, 2.75) is 32.4 Å². The Kier molecular flexibility index (Phi) is 7.11. The minimum absolute atomic E-state index is 0.286. The van der Waals surface area contributed by atoms with Crippen molar-refractivity contribution >= 4 is 5.91 Å². The summed E-state index contributed by atoms with van der Waals surface area (Å²) < 4.78 is 35.0. The molecule has 0 atom stereocenters. The molecule has 15 heavy (non-hydrogen) atoms. The lowest BCUT2D eigenvalue weighted by atomic mass is 10.2. The summed E-state index contributed by atoms with van der Waals surface area (Å²) in [6.45, 7) is 1.15. The van der Waals surface area contributed by atoms with Crippen LogP contribution in [0.2, 0.25) is 0 Å². The zero-order valence-electron chi connectivity index (χ0n) is 8.78. The molecule has 0 heterocycles. The van der Waals surface area contributed by atoms with Gasteiger partial charge in [0.1, 0.15) is 0 Å². The third-order valence-electron chi connectivity index (χ3n) is 1.71. The van der Waals surface area contributed by atoms with E-state index in [9.17, 15) is 18.0 Å². The van der Waals surface area contributed by atoms with Crippen molar-refractivity contribution in [2.24, 2.45) is 0 Å². The summed E-state index contributed by atoms with van der Waals surface area (Å²) in [6.07, 6.45) is -1.34. The monoisotopic (exact) mass is 226 g/mol. The number of amides is 1. The molecule has 3 nitrogen and oxygen atoms in total. The average Bonchev–Trinajstić information content (AvgIpc) is 2.10. The maximum absolute atomic E-state index is 11.7. The second kappa shape index (κ2) is 7.50. The highest BCUT2D eigenvalue weighted by atomic mass is 19.4. The zero-order chi connectivity index (χ0) is 11.7. The van der Waals surface area contributed by atoms with E-state index in [1.54, 1.807) is 0 Å².